The number of aryl methyl sites for hydroxylation is 1. The molecule has 0 spiro atoms. The first-order valence-corrected chi connectivity index (χ1v) is 11.2. The second kappa shape index (κ2) is 8.17. The van der Waals surface area contributed by atoms with Crippen LogP contribution in [0.1, 0.15) is 18.9 Å². The van der Waals surface area contributed by atoms with E-state index in [-0.39, 0.29) is 25.3 Å². The van der Waals surface area contributed by atoms with Gasteiger partial charge < -0.3 is 15.5 Å². The van der Waals surface area contributed by atoms with Crippen molar-refractivity contribution in [2.24, 2.45) is 7.05 Å². The maximum atomic E-state index is 14.4. The lowest BCUT2D eigenvalue weighted by Gasteiger charge is -2.44. The average Bonchev–Trinajstić information content (AvgIpc) is 3.04. The van der Waals surface area contributed by atoms with Crippen LogP contribution in [0.5, 0.6) is 0 Å². The summed E-state index contributed by atoms with van der Waals surface area (Å²) in [5.41, 5.74) is 0.507. The van der Waals surface area contributed by atoms with Gasteiger partial charge in [0.25, 0.3) is 11.8 Å². The van der Waals surface area contributed by atoms with E-state index in [1.807, 2.05) is 9.80 Å². The summed E-state index contributed by atoms with van der Waals surface area (Å²) in [5.74, 6) is -3.02. The van der Waals surface area contributed by atoms with Gasteiger partial charge in [-0.25, -0.2) is 18.6 Å². The predicted octanol–water partition coefficient (Wildman–Crippen LogP) is -0.516. The fraction of sp³-hybridized carbons (Fsp3) is 0.619. The highest BCUT2D eigenvalue weighted by molar-refractivity contribution is 6.06. The zero-order chi connectivity index (χ0) is 23.3. The maximum absolute atomic E-state index is 14.4. The molecule has 0 saturated carbocycles. The number of carbonyl (C=O) groups excluding carboxylic acids is 2. The van der Waals surface area contributed by atoms with E-state index in [4.69, 9.17) is 0 Å². The third kappa shape index (κ3) is 3.61. The van der Waals surface area contributed by atoms with Crippen LogP contribution >= 0.6 is 0 Å². The van der Waals surface area contributed by atoms with E-state index in [0.29, 0.717) is 56.0 Å². The minimum absolute atomic E-state index is 0.167. The molecule has 5 rings (SSSR count). The van der Waals surface area contributed by atoms with Crippen molar-refractivity contribution >= 4 is 28.5 Å². The van der Waals surface area contributed by atoms with E-state index in [0.717, 1.165) is 0 Å². The lowest BCUT2D eigenvalue weighted by molar-refractivity contribution is -0.135. The van der Waals surface area contributed by atoms with Crippen LogP contribution in [-0.2, 0) is 16.6 Å². The number of pyridine rings is 1. The summed E-state index contributed by atoms with van der Waals surface area (Å²) in [4.78, 5) is 46.3. The van der Waals surface area contributed by atoms with Crippen molar-refractivity contribution in [3.63, 3.8) is 0 Å². The number of Topliss-reactive ketones (excluding diaryl/α,β-unsaturated/α-hetero) is 1. The number of halogens is 2. The molecular formula is C21H27F2N7O3. The summed E-state index contributed by atoms with van der Waals surface area (Å²) >= 11 is 0. The Bertz CT molecular complexity index is 1140. The molecule has 0 aliphatic carbocycles. The Balaban J connectivity index is 1.45. The van der Waals surface area contributed by atoms with Gasteiger partial charge in [-0.3, -0.25) is 23.6 Å². The minimum atomic E-state index is -2.77. The SMILES string of the molecule is Cn1c(=O)n(C2C(=O)CCNC2=O)c2ccnc(N3CCN([C@H]4CCNCC4(F)F)CC3)c21. The molecule has 1 amide bonds. The monoisotopic (exact) mass is 463 g/mol. The van der Waals surface area contributed by atoms with E-state index in [1.165, 1.54) is 9.13 Å². The van der Waals surface area contributed by atoms with E-state index in [1.54, 1.807) is 19.3 Å². The number of piperazine rings is 1. The number of piperidine rings is 2. The van der Waals surface area contributed by atoms with Crippen LogP contribution in [0.15, 0.2) is 17.1 Å². The van der Waals surface area contributed by atoms with Gasteiger partial charge in [-0.05, 0) is 19.0 Å². The van der Waals surface area contributed by atoms with Crippen LogP contribution in [-0.4, -0.2) is 88.5 Å². The Morgan fingerprint density at radius 2 is 1.88 bits per heavy atom. The number of amides is 1. The summed E-state index contributed by atoms with van der Waals surface area (Å²) in [5, 5.41) is 5.42. The fourth-order valence-electron chi connectivity index (χ4n) is 5.26. The number of hydrogen-bond donors (Lipinski definition) is 2. The first-order chi connectivity index (χ1) is 15.8. The van der Waals surface area contributed by atoms with Gasteiger partial charge in [0, 0.05) is 52.4 Å². The summed E-state index contributed by atoms with van der Waals surface area (Å²) < 4.78 is 31.4. The van der Waals surface area contributed by atoms with Crippen LogP contribution in [0.25, 0.3) is 11.0 Å². The maximum Gasteiger partial charge on any atom is 0.330 e. The molecule has 3 aliphatic heterocycles. The number of aromatic nitrogens is 3. The normalized spacial score (nSPS) is 26.6. The van der Waals surface area contributed by atoms with E-state index in [2.05, 4.69) is 15.6 Å². The van der Waals surface area contributed by atoms with Crippen molar-refractivity contribution < 1.29 is 18.4 Å². The summed E-state index contributed by atoms with van der Waals surface area (Å²) in [6.45, 7) is 2.41. The number of imidazole rings is 1. The van der Waals surface area contributed by atoms with Crippen LogP contribution in [0.4, 0.5) is 14.6 Å². The van der Waals surface area contributed by atoms with Gasteiger partial charge in [-0.15, -0.1) is 0 Å². The number of ketones is 1. The number of carbonyl (C=O) groups is 2. The molecule has 0 radical (unpaired) electrons. The molecule has 3 aliphatic rings. The third-order valence-electron chi connectivity index (χ3n) is 6.95. The molecular weight excluding hydrogens is 436 g/mol. The molecule has 2 aromatic heterocycles. The number of nitrogens with one attached hydrogen (secondary N) is 2. The zero-order valence-electron chi connectivity index (χ0n) is 18.4. The van der Waals surface area contributed by atoms with Crippen molar-refractivity contribution in [3.8, 4) is 0 Å². The molecule has 5 heterocycles. The molecule has 12 heteroatoms. The van der Waals surface area contributed by atoms with Crippen molar-refractivity contribution in [2.75, 3.05) is 50.7 Å². The van der Waals surface area contributed by atoms with E-state index < -0.39 is 29.6 Å². The predicted molar refractivity (Wildman–Crippen MR) is 117 cm³/mol. The first-order valence-electron chi connectivity index (χ1n) is 11.2. The second-order valence-electron chi connectivity index (χ2n) is 8.89. The number of alkyl halides is 2. The molecule has 2 N–H and O–H groups in total. The summed E-state index contributed by atoms with van der Waals surface area (Å²) in [6.07, 6.45) is 2.11. The number of nitrogens with zero attached hydrogens (tertiary/aromatic N) is 5. The Morgan fingerprint density at radius 3 is 2.58 bits per heavy atom. The Hall–Kier alpha value is -2.86. The lowest BCUT2D eigenvalue weighted by atomic mass is 9.99. The third-order valence-corrected chi connectivity index (χ3v) is 6.95. The van der Waals surface area contributed by atoms with Gasteiger partial charge in [0.05, 0.1) is 18.1 Å². The minimum Gasteiger partial charge on any atom is -0.353 e. The molecule has 1 unspecified atom stereocenters. The topological polar surface area (TPSA) is 104 Å². The first kappa shape index (κ1) is 22.0. The van der Waals surface area contributed by atoms with Gasteiger partial charge in [-0.2, -0.15) is 0 Å². The molecule has 10 nitrogen and oxygen atoms in total. The van der Waals surface area contributed by atoms with Gasteiger partial charge >= 0.3 is 5.69 Å². The molecule has 0 aromatic carbocycles. The Kier molecular flexibility index (Phi) is 5.44. The van der Waals surface area contributed by atoms with Crippen molar-refractivity contribution in [2.45, 2.75) is 30.8 Å². The molecule has 3 saturated heterocycles. The highest BCUT2D eigenvalue weighted by Crippen LogP contribution is 2.31. The van der Waals surface area contributed by atoms with Crippen molar-refractivity contribution in [1.29, 1.82) is 0 Å². The highest BCUT2D eigenvalue weighted by atomic mass is 19.3. The van der Waals surface area contributed by atoms with Gasteiger partial charge in [0.2, 0.25) is 0 Å². The number of hydrogen-bond acceptors (Lipinski definition) is 7. The number of rotatable bonds is 3. The molecule has 178 valence electrons. The van der Waals surface area contributed by atoms with Crippen LogP contribution < -0.4 is 21.2 Å². The zero-order valence-corrected chi connectivity index (χ0v) is 18.4. The van der Waals surface area contributed by atoms with Gasteiger partial charge in [0.1, 0.15) is 5.52 Å². The Labute approximate surface area is 188 Å². The molecule has 3 fully saturated rings. The molecule has 2 aromatic rings. The quantitative estimate of drug-likeness (QED) is 0.591. The fourth-order valence-corrected chi connectivity index (χ4v) is 5.26. The second-order valence-corrected chi connectivity index (χ2v) is 8.89. The van der Waals surface area contributed by atoms with Crippen LogP contribution in [0.2, 0.25) is 0 Å². The van der Waals surface area contributed by atoms with E-state index in [9.17, 15) is 23.2 Å². The largest absolute Gasteiger partial charge is 0.353 e. The smallest absolute Gasteiger partial charge is 0.330 e. The van der Waals surface area contributed by atoms with Gasteiger partial charge in [-0.1, -0.05) is 0 Å². The van der Waals surface area contributed by atoms with Crippen molar-refractivity contribution in [1.82, 2.24) is 29.7 Å². The molecule has 2 atom stereocenters. The van der Waals surface area contributed by atoms with E-state index >= 15 is 0 Å². The highest BCUT2D eigenvalue weighted by Gasteiger charge is 2.45. The molecule has 33 heavy (non-hydrogen) atoms. The average molecular weight is 463 g/mol. The number of fused-ring (bicyclic) bond motifs is 1. The lowest BCUT2D eigenvalue weighted by Crippen LogP contribution is -2.61. The number of anilines is 1. The molecule has 0 bridgehead atoms. The summed E-state index contributed by atoms with van der Waals surface area (Å²) in [6, 6.07) is -0.364. The van der Waals surface area contributed by atoms with Gasteiger partial charge in [0.15, 0.2) is 17.6 Å². The Morgan fingerprint density at radius 1 is 1.12 bits per heavy atom. The van der Waals surface area contributed by atoms with Crippen LogP contribution in [0, 0.1) is 0 Å². The van der Waals surface area contributed by atoms with Crippen LogP contribution in [0.3, 0.4) is 0 Å². The standard InChI is InChI=1S/C21H27F2N7O3/c1-27-16-13(30(20(27)33)17-14(31)3-7-26-19(17)32)2-6-25-18(16)29-10-8-28(9-11-29)15-4-5-24-12-21(15,22)23/h2,6,15,17,24H,3-5,7-12H2,1H3,(H,26,32)/t15-,17?/m0/s1. The summed E-state index contributed by atoms with van der Waals surface area (Å²) in [7, 11) is 1.59. The van der Waals surface area contributed by atoms with Crippen molar-refractivity contribution in [3.05, 3.63) is 22.7 Å².